The molecule has 120 valence electrons. The van der Waals surface area contributed by atoms with Gasteiger partial charge in [0.05, 0.1) is 19.9 Å². The minimum Gasteiger partial charge on any atom is -0.455 e. The van der Waals surface area contributed by atoms with Crippen LogP contribution in [0.1, 0.15) is 0 Å². The number of benzene rings is 2. The van der Waals surface area contributed by atoms with Crippen LogP contribution < -0.4 is 10.1 Å². The van der Waals surface area contributed by atoms with E-state index in [1.807, 2.05) is 6.07 Å². The molecule has 0 aliphatic rings. The lowest BCUT2D eigenvalue weighted by molar-refractivity contribution is -0.384. The number of halogens is 3. The van der Waals surface area contributed by atoms with Crippen LogP contribution in [0.25, 0.3) is 0 Å². The Kier molecular flexibility index (Phi) is 5.97. The predicted molar refractivity (Wildman–Crippen MR) is 94.4 cm³/mol. The molecule has 2 aromatic rings. The van der Waals surface area contributed by atoms with Crippen molar-refractivity contribution in [2.24, 2.45) is 0 Å². The third kappa shape index (κ3) is 4.43. The van der Waals surface area contributed by atoms with Crippen molar-refractivity contribution in [3.63, 3.8) is 0 Å². The first-order valence-corrected chi connectivity index (χ1v) is 8.30. The van der Waals surface area contributed by atoms with Gasteiger partial charge in [0.1, 0.15) is 17.3 Å². The number of nitro groups is 1. The van der Waals surface area contributed by atoms with Gasteiger partial charge in [-0.2, -0.15) is 0 Å². The molecular formula is C14H9Br2ClN2O4. The molecule has 0 aliphatic heterocycles. The minimum atomic E-state index is -0.605. The summed E-state index contributed by atoms with van der Waals surface area (Å²) in [5.41, 5.74) is -0.233. The van der Waals surface area contributed by atoms with E-state index in [1.54, 1.807) is 12.1 Å². The largest absolute Gasteiger partial charge is 0.455 e. The SMILES string of the molecule is O=C(CCl)Nc1ccc(Oc2c(Br)cccc2Br)cc1[N+](=O)[O-]. The predicted octanol–water partition coefficient (Wildman–Crippen LogP) is 5.09. The van der Waals surface area contributed by atoms with Crippen LogP contribution in [0.3, 0.4) is 0 Å². The number of rotatable bonds is 5. The van der Waals surface area contributed by atoms with Crippen molar-refractivity contribution < 1.29 is 14.5 Å². The summed E-state index contributed by atoms with van der Waals surface area (Å²) >= 11 is 12.1. The summed E-state index contributed by atoms with van der Waals surface area (Å²) < 4.78 is 7.06. The van der Waals surface area contributed by atoms with Gasteiger partial charge < -0.3 is 10.1 Å². The molecule has 0 aromatic heterocycles. The number of ether oxygens (including phenoxy) is 1. The van der Waals surface area contributed by atoms with Crippen molar-refractivity contribution in [2.75, 3.05) is 11.2 Å². The summed E-state index contributed by atoms with van der Waals surface area (Å²) in [6.45, 7) is 0. The monoisotopic (exact) mass is 462 g/mol. The van der Waals surface area contributed by atoms with Crippen LogP contribution in [-0.2, 0) is 4.79 Å². The Morgan fingerprint density at radius 2 is 1.91 bits per heavy atom. The lowest BCUT2D eigenvalue weighted by Crippen LogP contribution is -2.13. The number of carbonyl (C=O) groups excluding carboxylic acids is 1. The normalized spacial score (nSPS) is 10.2. The van der Waals surface area contributed by atoms with Crippen molar-refractivity contribution in [1.82, 2.24) is 0 Å². The third-order valence-corrected chi connectivity index (χ3v) is 4.19. The molecule has 2 rings (SSSR count). The second-order valence-corrected chi connectivity index (χ2v) is 6.25. The highest BCUT2D eigenvalue weighted by molar-refractivity contribution is 9.11. The quantitative estimate of drug-likeness (QED) is 0.380. The Labute approximate surface area is 153 Å². The van der Waals surface area contributed by atoms with Gasteiger partial charge in [-0.05, 0) is 56.1 Å². The molecule has 0 radical (unpaired) electrons. The second kappa shape index (κ2) is 7.76. The Bertz CT molecular complexity index is 750. The molecule has 0 saturated carbocycles. The van der Waals surface area contributed by atoms with E-state index in [4.69, 9.17) is 16.3 Å². The van der Waals surface area contributed by atoms with Gasteiger partial charge in [-0.3, -0.25) is 14.9 Å². The summed E-state index contributed by atoms with van der Waals surface area (Å²) in [4.78, 5) is 21.9. The van der Waals surface area contributed by atoms with Crippen molar-refractivity contribution >= 4 is 60.7 Å². The number of carbonyl (C=O) groups is 1. The third-order valence-electron chi connectivity index (χ3n) is 2.70. The number of amides is 1. The van der Waals surface area contributed by atoms with Gasteiger partial charge in [0.2, 0.25) is 5.91 Å². The van der Waals surface area contributed by atoms with Gasteiger partial charge in [0.25, 0.3) is 5.69 Å². The molecule has 0 bridgehead atoms. The highest BCUT2D eigenvalue weighted by atomic mass is 79.9. The maximum atomic E-state index is 11.3. The highest BCUT2D eigenvalue weighted by Gasteiger charge is 2.18. The van der Waals surface area contributed by atoms with Gasteiger partial charge in [0, 0.05) is 0 Å². The van der Waals surface area contributed by atoms with Crippen molar-refractivity contribution in [2.45, 2.75) is 0 Å². The second-order valence-electron chi connectivity index (χ2n) is 4.27. The number of alkyl halides is 1. The maximum Gasteiger partial charge on any atom is 0.296 e. The van der Waals surface area contributed by atoms with E-state index in [0.717, 1.165) is 0 Å². The average molecular weight is 464 g/mol. The average Bonchev–Trinajstić information content (AvgIpc) is 2.52. The van der Waals surface area contributed by atoms with Crippen molar-refractivity contribution in [3.8, 4) is 11.5 Å². The van der Waals surface area contributed by atoms with E-state index >= 15 is 0 Å². The van der Waals surface area contributed by atoms with Crippen LogP contribution in [0.15, 0.2) is 45.3 Å². The van der Waals surface area contributed by atoms with Gasteiger partial charge in [-0.15, -0.1) is 11.6 Å². The minimum absolute atomic E-state index is 0.0548. The number of nitro benzene ring substituents is 1. The fourth-order valence-electron chi connectivity index (χ4n) is 1.71. The van der Waals surface area contributed by atoms with E-state index < -0.39 is 10.8 Å². The van der Waals surface area contributed by atoms with E-state index in [1.165, 1.54) is 18.2 Å². The standard InChI is InChI=1S/C14H9Br2ClN2O4/c15-9-2-1-3-10(16)14(9)23-8-4-5-11(18-13(20)7-17)12(6-8)19(21)22/h1-6H,7H2,(H,18,20). The van der Waals surface area contributed by atoms with Crippen molar-refractivity contribution in [3.05, 3.63) is 55.5 Å². The lowest BCUT2D eigenvalue weighted by Gasteiger charge is -2.11. The van der Waals surface area contributed by atoms with Crippen LogP contribution in [-0.4, -0.2) is 16.7 Å². The lowest BCUT2D eigenvalue weighted by atomic mass is 10.2. The Hall–Kier alpha value is -1.64. The van der Waals surface area contributed by atoms with E-state index in [2.05, 4.69) is 37.2 Å². The number of nitrogens with zero attached hydrogens (tertiary/aromatic N) is 1. The number of hydrogen-bond donors (Lipinski definition) is 1. The molecule has 6 nitrogen and oxygen atoms in total. The molecule has 1 amide bonds. The summed E-state index contributed by atoms with van der Waals surface area (Å²) in [6, 6.07) is 9.52. The maximum absolute atomic E-state index is 11.3. The molecule has 0 saturated heterocycles. The summed E-state index contributed by atoms with van der Waals surface area (Å²) in [6.07, 6.45) is 0. The van der Waals surface area contributed by atoms with E-state index in [9.17, 15) is 14.9 Å². The zero-order valence-electron chi connectivity index (χ0n) is 11.4. The van der Waals surface area contributed by atoms with Gasteiger partial charge in [-0.1, -0.05) is 6.07 Å². The molecule has 1 N–H and O–H groups in total. The molecule has 9 heteroatoms. The number of nitrogens with one attached hydrogen (secondary N) is 1. The fraction of sp³-hybridized carbons (Fsp3) is 0.0714. The summed E-state index contributed by atoms with van der Waals surface area (Å²) in [7, 11) is 0. The molecule has 0 fully saturated rings. The van der Waals surface area contributed by atoms with E-state index in [-0.39, 0.29) is 23.0 Å². The number of anilines is 1. The Morgan fingerprint density at radius 3 is 2.48 bits per heavy atom. The summed E-state index contributed by atoms with van der Waals surface area (Å²) in [5, 5.41) is 13.5. The molecule has 23 heavy (non-hydrogen) atoms. The van der Waals surface area contributed by atoms with Crippen LogP contribution in [0.4, 0.5) is 11.4 Å². The smallest absolute Gasteiger partial charge is 0.296 e. The van der Waals surface area contributed by atoms with Crippen molar-refractivity contribution in [1.29, 1.82) is 0 Å². The van der Waals surface area contributed by atoms with Crippen LogP contribution >= 0.6 is 43.5 Å². The zero-order valence-corrected chi connectivity index (χ0v) is 15.3. The van der Waals surface area contributed by atoms with Gasteiger partial charge in [-0.25, -0.2) is 0 Å². The molecule has 0 unspecified atom stereocenters. The van der Waals surface area contributed by atoms with Crippen LogP contribution in [0.2, 0.25) is 0 Å². The first kappa shape index (κ1) is 17.7. The van der Waals surface area contributed by atoms with Crippen LogP contribution in [0.5, 0.6) is 11.5 Å². The summed E-state index contributed by atoms with van der Waals surface area (Å²) in [5.74, 6) is -0.0798. The topological polar surface area (TPSA) is 81.5 Å². The number of para-hydroxylation sites is 1. The molecule has 0 aliphatic carbocycles. The first-order chi connectivity index (χ1) is 10.9. The Morgan fingerprint density at radius 1 is 1.26 bits per heavy atom. The molecule has 0 atom stereocenters. The molecule has 0 spiro atoms. The van der Waals surface area contributed by atoms with Gasteiger partial charge in [0.15, 0.2) is 5.75 Å². The molecule has 0 heterocycles. The fourth-order valence-corrected chi connectivity index (χ4v) is 2.94. The van der Waals surface area contributed by atoms with Gasteiger partial charge >= 0.3 is 0 Å². The number of hydrogen-bond acceptors (Lipinski definition) is 4. The molecule has 2 aromatic carbocycles. The highest BCUT2D eigenvalue weighted by Crippen LogP contribution is 2.38. The Balaban J connectivity index is 2.36. The first-order valence-electron chi connectivity index (χ1n) is 6.18. The zero-order chi connectivity index (χ0) is 17.0. The van der Waals surface area contributed by atoms with Crippen LogP contribution in [0, 0.1) is 10.1 Å². The van der Waals surface area contributed by atoms with E-state index in [0.29, 0.717) is 14.7 Å². The molecular weight excluding hydrogens is 455 g/mol.